The molecule has 10 heteroatoms. The van der Waals surface area contributed by atoms with Gasteiger partial charge in [-0.1, -0.05) is 35.9 Å². The average molecular weight is 502 g/mol. The molecule has 0 spiro atoms. The number of carbonyl (C=O) groups excluding carboxylic acids is 2. The van der Waals surface area contributed by atoms with E-state index >= 15 is 0 Å². The summed E-state index contributed by atoms with van der Waals surface area (Å²) in [4.78, 5) is 36.0. The molecular formula is C25H25ClFN3O5. The van der Waals surface area contributed by atoms with Crippen molar-refractivity contribution in [1.29, 1.82) is 0 Å². The van der Waals surface area contributed by atoms with Crippen LogP contribution in [0.4, 0.5) is 4.39 Å². The largest absolute Gasteiger partial charge is 0.481 e. The number of carboxylic acid groups (broad SMARTS) is 1. The maximum Gasteiger partial charge on any atom is 0.311 e. The molecule has 0 aliphatic carbocycles. The summed E-state index contributed by atoms with van der Waals surface area (Å²) in [6, 6.07) is 11.8. The Morgan fingerprint density at radius 3 is 2.43 bits per heavy atom. The van der Waals surface area contributed by atoms with Crippen LogP contribution in [-0.2, 0) is 11.2 Å². The summed E-state index contributed by atoms with van der Waals surface area (Å²) in [6.07, 6.45) is 0.170. The van der Waals surface area contributed by atoms with Gasteiger partial charge in [0.05, 0.1) is 12.0 Å². The van der Waals surface area contributed by atoms with Crippen LogP contribution in [0.25, 0.3) is 11.1 Å². The monoisotopic (exact) mass is 501 g/mol. The van der Waals surface area contributed by atoms with Gasteiger partial charge in [-0.05, 0) is 55.2 Å². The Hall–Kier alpha value is -3.56. The number of aliphatic carboxylic acids is 1. The Morgan fingerprint density at radius 1 is 1.17 bits per heavy atom. The average Bonchev–Trinajstić information content (AvgIpc) is 3.32. The molecule has 1 amide bonds. The molecule has 3 rings (SSSR count). The lowest BCUT2D eigenvalue weighted by Crippen LogP contribution is -2.44. The summed E-state index contributed by atoms with van der Waals surface area (Å²) in [6.45, 7) is 2.09. The van der Waals surface area contributed by atoms with Crippen LogP contribution in [0, 0.1) is 11.2 Å². The highest BCUT2D eigenvalue weighted by Crippen LogP contribution is 2.28. The van der Waals surface area contributed by atoms with Crippen molar-refractivity contribution in [3.8, 4) is 11.1 Å². The lowest BCUT2D eigenvalue weighted by Gasteiger charge is -2.28. The van der Waals surface area contributed by atoms with E-state index in [-0.39, 0.29) is 30.0 Å². The molecule has 1 unspecified atom stereocenters. The number of hydrogen-bond acceptors (Lipinski definition) is 5. The van der Waals surface area contributed by atoms with Crippen molar-refractivity contribution in [2.24, 2.45) is 5.41 Å². The number of aromatic nitrogens is 2. The number of benzene rings is 2. The molecule has 4 N–H and O–H groups in total. The van der Waals surface area contributed by atoms with Crippen molar-refractivity contribution in [3.05, 3.63) is 76.3 Å². The first-order valence-corrected chi connectivity index (χ1v) is 11.2. The van der Waals surface area contributed by atoms with Crippen LogP contribution in [0.2, 0.25) is 5.02 Å². The van der Waals surface area contributed by atoms with E-state index in [0.29, 0.717) is 16.1 Å². The molecule has 0 bridgehead atoms. The molecule has 0 saturated heterocycles. The second-order valence-corrected chi connectivity index (χ2v) is 9.08. The van der Waals surface area contributed by atoms with E-state index in [1.807, 2.05) is 0 Å². The summed E-state index contributed by atoms with van der Waals surface area (Å²) in [7, 11) is 0. The minimum absolute atomic E-state index is 0.0491. The number of rotatable bonds is 10. The minimum atomic E-state index is -1.50. The summed E-state index contributed by atoms with van der Waals surface area (Å²) < 4.78 is 14.2. The van der Waals surface area contributed by atoms with E-state index in [9.17, 15) is 29.0 Å². The second kappa shape index (κ2) is 10.8. The van der Waals surface area contributed by atoms with Crippen molar-refractivity contribution in [1.82, 2.24) is 15.5 Å². The highest BCUT2D eigenvalue weighted by molar-refractivity contribution is 6.30. The van der Waals surface area contributed by atoms with Crippen LogP contribution in [0.15, 0.2) is 48.5 Å². The number of hydrogen-bond donors (Lipinski definition) is 4. The fourth-order valence-corrected chi connectivity index (χ4v) is 3.81. The Bertz CT molecular complexity index is 1240. The topological polar surface area (TPSA) is 132 Å². The molecule has 1 aromatic heterocycles. The highest BCUT2D eigenvalue weighted by atomic mass is 35.5. The number of aliphatic hydroxyl groups is 1. The van der Waals surface area contributed by atoms with E-state index in [2.05, 4.69) is 15.5 Å². The van der Waals surface area contributed by atoms with Crippen LogP contribution in [0.5, 0.6) is 0 Å². The van der Waals surface area contributed by atoms with E-state index in [1.165, 1.54) is 38.1 Å². The first kappa shape index (κ1) is 26.1. The fourth-order valence-electron chi connectivity index (χ4n) is 3.64. The molecule has 2 aromatic carbocycles. The zero-order valence-electron chi connectivity index (χ0n) is 19.1. The molecule has 3 aromatic rings. The van der Waals surface area contributed by atoms with Crippen molar-refractivity contribution < 1.29 is 29.0 Å². The Balaban J connectivity index is 1.84. The van der Waals surface area contributed by atoms with Gasteiger partial charge in [0.15, 0.2) is 5.78 Å². The van der Waals surface area contributed by atoms with Gasteiger partial charge in [-0.2, -0.15) is 5.10 Å². The van der Waals surface area contributed by atoms with Gasteiger partial charge < -0.3 is 15.5 Å². The number of nitrogens with one attached hydrogen (secondary N) is 2. The number of H-pyrrole nitrogens is 1. The highest BCUT2D eigenvalue weighted by Gasteiger charge is 2.36. The molecule has 0 fully saturated rings. The number of halogens is 2. The first-order chi connectivity index (χ1) is 16.5. The zero-order valence-corrected chi connectivity index (χ0v) is 19.9. The third-order valence-corrected chi connectivity index (χ3v) is 5.99. The van der Waals surface area contributed by atoms with Gasteiger partial charge >= 0.3 is 5.97 Å². The summed E-state index contributed by atoms with van der Waals surface area (Å²) in [5, 5.41) is 28.8. The SMILES string of the molecule is CC(=O)c1cc(C(=O)N[C@H](Cc2ccc(-c3cc(Cl)ccc3F)cc2)CC(C)(CO)C(=O)O)[nH]n1. The number of carbonyl (C=O) groups is 3. The van der Waals surface area contributed by atoms with Gasteiger partial charge in [0.25, 0.3) is 5.91 Å². The molecule has 0 saturated carbocycles. The van der Waals surface area contributed by atoms with Crippen LogP contribution >= 0.6 is 11.6 Å². The van der Waals surface area contributed by atoms with Crippen molar-refractivity contribution in [2.75, 3.05) is 6.61 Å². The number of nitrogens with zero attached hydrogens (tertiary/aromatic N) is 1. The Kier molecular flexibility index (Phi) is 8.03. The Labute approximate surface area is 206 Å². The third-order valence-electron chi connectivity index (χ3n) is 5.76. The molecule has 8 nitrogen and oxygen atoms in total. The van der Waals surface area contributed by atoms with E-state index in [1.54, 1.807) is 24.3 Å². The predicted octanol–water partition coefficient (Wildman–Crippen LogP) is 3.89. The summed E-state index contributed by atoms with van der Waals surface area (Å²) in [5.74, 6) is -2.51. The van der Waals surface area contributed by atoms with Crippen LogP contribution in [0.1, 0.15) is 46.8 Å². The smallest absolute Gasteiger partial charge is 0.311 e. The van der Waals surface area contributed by atoms with Crippen molar-refractivity contribution >= 4 is 29.3 Å². The van der Waals surface area contributed by atoms with E-state index < -0.39 is 35.8 Å². The standard InChI is InChI=1S/C25H25ClFN3O5/c1-14(32)21-11-22(30-29-21)23(33)28-18(12-25(2,13-31)24(34)35)9-15-3-5-16(6-4-15)19-10-17(26)7-8-20(19)27/h3-8,10-11,18,31H,9,12-13H2,1-2H3,(H,28,33)(H,29,30)(H,34,35)/t18-,25?/m1/s1. The molecule has 0 aliphatic heterocycles. The normalized spacial score (nSPS) is 13.6. The number of aromatic amines is 1. The lowest BCUT2D eigenvalue weighted by molar-refractivity contribution is -0.151. The molecule has 0 radical (unpaired) electrons. The van der Waals surface area contributed by atoms with Crippen LogP contribution < -0.4 is 5.32 Å². The van der Waals surface area contributed by atoms with Crippen molar-refractivity contribution in [2.45, 2.75) is 32.7 Å². The number of carboxylic acids is 1. The minimum Gasteiger partial charge on any atom is -0.481 e. The van der Waals surface area contributed by atoms with E-state index in [0.717, 1.165) is 5.56 Å². The first-order valence-electron chi connectivity index (χ1n) is 10.8. The zero-order chi connectivity index (χ0) is 25.8. The summed E-state index contributed by atoms with van der Waals surface area (Å²) >= 11 is 5.98. The second-order valence-electron chi connectivity index (χ2n) is 8.65. The van der Waals surface area contributed by atoms with Gasteiger partial charge in [0.1, 0.15) is 17.2 Å². The Morgan fingerprint density at radius 2 is 1.86 bits per heavy atom. The van der Waals surface area contributed by atoms with Crippen LogP contribution in [-0.4, -0.2) is 50.7 Å². The molecule has 2 atom stereocenters. The van der Waals surface area contributed by atoms with E-state index in [4.69, 9.17) is 11.6 Å². The maximum absolute atomic E-state index is 14.2. The summed E-state index contributed by atoms with van der Waals surface area (Å²) in [5.41, 5.74) is 0.346. The fraction of sp³-hybridized carbons (Fsp3) is 0.280. The van der Waals surface area contributed by atoms with Gasteiger partial charge in [0.2, 0.25) is 0 Å². The van der Waals surface area contributed by atoms with Gasteiger partial charge in [-0.15, -0.1) is 0 Å². The molecule has 0 aliphatic rings. The van der Waals surface area contributed by atoms with Gasteiger partial charge in [-0.25, -0.2) is 4.39 Å². The van der Waals surface area contributed by atoms with Crippen LogP contribution in [0.3, 0.4) is 0 Å². The maximum atomic E-state index is 14.2. The molecular weight excluding hydrogens is 477 g/mol. The quantitative estimate of drug-likeness (QED) is 0.312. The predicted molar refractivity (Wildman–Crippen MR) is 128 cm³/mol. The van der Waals surface area contributed by atoms with Gasteiger partial charge in [-0.3, -0.25) is 19.5 Å². The number of aliphatic hydroxyl groups excluding tert-OH is 1. The molecule has 1 heterocycles. The third kappa shape index (κ3) is 6.32. The lowest BCUT2D eigenvalue weighted by atomic mass is 9.82. The molecule has 35 heavy (non-hydrogen) atoms. The molecule has 184 valence electrons. The number of amides is 1. The number of ketones is 1. The van der Waals surface area contributed by atoms with Crippen molar-refractivity contribution in [3.63, 3.8) is 0 Å². The van der Waals surface area contributed by atoms with Gasteiger partial charge in [0, 0.05) is 23.6 Å². The number of Topliss-reactive ketones (excluding diaryl/α,β-unsaturated/α-hetero) is 1.